The summed E-state index contributed by atoms with van der Waals surface area (Å²) in [5.41, 5.74) is 12.9. The Morgan fingerprint density at radius 1 is 0.281 bits per heavy atom. The van der Waals surface area contributed by atoms with Crippen molar-refractivity contribution in [2.24, 2.45) is 0 Å². The molecule has 10 aromatic carbocycles. The Morgan fingerprint density at radius 2 is 0.688 bits per heavy atom. The van der Waals surface area contributed by atoms with Crippen LogP contribution in [0.25, 0.3) is 27.5 Å². The van der Waals surface area contributed by atoms with Gasteiger partial charge in [-0.25, -0.2) is 0 Å². The molecule has 0 fully saturated rings. The Labute approximate surface area is 375 Å². The van der Waals surface area contributed by atoms with Gasteiger partial charge in [0.25, 0.3) is 0 Å². The van der Waals surface area contributed by atoms with Gasteiger partial charge in [-0.15, -0.1) is 0 Å². The minimum Gasteiger partial charge on any atom is -0.309 e. The molecule has 1 aliphatic heterocycles. The molecule has 11 aromatic rings. The number of benzene rings is 10. The summed E-state index contributed by atoms with van der Waals surface area (Å²) in [6.45, 7) is 0. The molecule has 0 amide bonds. The smallest absolute Gasteiger partial charge is 0.179 e. The molecule has 1 aromatic heterocycles. The van der Waals surface area contributed by atoms with Crippen LogP contribution in [-0.4, -0.2) is 12.6 Å². The van der Waals surface area contributed by atoms with Crippen molar-refractivity contribution in [2.45, 2.75) is 10.8 Å². The van der Waals surface area contributed by atoms with Crippen molar-refractivity contribution in [1.29, 1.82) is 0 Å². The Hall–Kier alpha value is -7.78. The molecule has 2 aliphatic rings. The van der Waals surface area contributed by atoms with Gasteiger partial charge in [0, 0.05) is 10.8 Å². The summed E-state index contributed by atoms with van der Waals surface area (Å²) in [5, 5.41) is 8.00. The van der Waals surface area contributed by atoms with Crippen LogP contribution in [0.3, 0.4) is 0 Å². The van der Waals surface area contributed by atoms with E-state index in [0.29, 0.717) is 0 Å². The number of para-hydroxylation sites is 2. The standard InChI is InChI=1S/C62H43NSi/c1-6-23-44(24-7-1)61(45-25-8-2-9-26-45)52-35-17-19-37-54(52)62(55-38-20-18-36-53(55)61)56-42-41-49(43-59(56)63-58-40-21-16-33-50(58)51-34-22-39-57(62)60(51)63)64(46-27-10-3-11-28-46,47-29-12-4-13-30-47)48-31-14-5-15-32-48/h1-43H. The molecule has 0 radical (unpaired) electrons. The molecule has 1 aliphatic carbocycles. The molecule has 1 nitrogen and oxygen atoms in total. The van der Waals surface area contributed by atoms with Crippen molar-refractivity contribution >= 4 is 50.6 Å². The van der Waals surface area contributed by atoms with Crippen LogP contribution in [-0.2, 0) is 10.8 Å². The van der Waals surface area contributed by atoms with Crippen LogP contribution >= 0.6 is 0 Å². The first-order chi connectivity index (χ1) is 31.8. The molecule has 64 heavy (non-hydrogen) atoms. The van der Waals surface area contributed by atoms with E-state index in [4.69, 9.17) is 0 Å². The van der Waals surface area contributed by atoms with E-state index in [-0.39, 0.29) is 0 Å². The topological polar surface area (TPSA) is 4.93 Å². The van der Waals surface area contributed by atoms with E-state index < -0.39 is 18.9 Å². The van der Waals surface area contributed by atoms with Crippen molar-refractivity contribution in [2.75, 3.05) is 0 Å². The van der Waals surface area contributed by atoms with Crippen molar-refractivity contribution in [3.05, 3.63) is 305 Å². The van der Waals surface area contributed by atoms with Crippen LogP contribution in [0, 0.1) is 0 Å². The molecule has 2 heteroatoms. The van der Waals surface area contributed by atoms with Crippen LogP contribution in [0.15, 0.2) is 261 Å². The summed E-state index contributed by atoms with van der Waals surface area (Å²) in [7, 11) is -2.91. The fourth-order valence-electron chi connectivity index (χ4n) is 12.4. The molecule has 0 saturated carbocycles. The first-order valence-corrected chi connectivity index (χ1v) is 24.4. The summed E-state index contributed by atoms with van der Waals surface area (Å²) < 4.78 is 2.62. The third-order valence-electron chi connectivity index (χ3n) is 14.7. The van der Waals surface area contributed by atoms with Crippen LogP contribution in [0.1, 0.15) is 44.5 Å². The van der Waals surface area contributed by atoms with Gasteiger partial charge in [0.05, 0.1) is 27.6 Å². The normalized spacial score (nSPS) is 14.2. The third kappa shape index (κ3) is 4.73. The Balaban J connectivity index is 1.23. The zero-order chi connectivity index (χ0) is 42.3. The van der Waals surface area contributed by atoms with Gasteiger partial charge < -0.3 is 4.57 Å². The number of nitrogens with zero attached hydrogens (tertiary/aromatic N) is 1. The van der Waals surface area contributed by atoms with Crippen LogP contribution in [0.5, 0.6) is 0 Å². The van der Waals surface area contributed by atoms with Crippen molar-refractivity contribution < 1.29 is 0 Å². The van der Waals surface area contributed by atoms with Gasteiger partial charge in [-0.05, 0) is 77.4 Å². The summed E-state index contributed by atoms with van der Waals surface area (Å²) >= 11 is 0. The number of fused-ring (bicyclic) bond motifs is 11. The second kappa shape index (κ2) is 14.1. The van der Waals surface area contributed by atoms with E-state index in [9.17, 15) is 0 Å². The lowest BCUT2D eigenvalue weighted by atomic mass is 9.50. The molecule has 300 valence electrons. The fourth-order valence-corrected chi connectivity index (χ4v) is 17.1. The average Bonchev–Trinajstić information content (AvgIpc) is 3.72. The van der Waals surface area contributed by atoms with E-state index >= 15 is 0 Å². The zero-order valence-electron chi connectivity index (χ0n) is 35.3. The van der Waals surface area contributed by atoms with Crippen molar-refractivity contribution in [3.8, 4) is 5.69 Å². The van der Waals surface area contributed by atoms with Gasteiger partial charge in [0.15, 0.2) is 8.07 Å². The lowest BCUT2D eigenvalue weighted by Crippen LogP contribution is -2.74. The SMILES string of the molecule is c1ccc(C2(c3ccccc3)c3ccccc3C3(c4ccc([Si](c5ccccc5)(c5ccccc5)c5ccccc5)cc4-n4c5ccccc5c5cccc3c54)c3ccccc32)cc1. The number of hydrogen-bond donors (Lipinski definition) is 0. The van der Waals surface area contributed by atoms with Crippen LogP contribution in [0.2, 0.25) is 0 Å². The lowest BCUT2D eigenvalue weighted by Gasteiger charge is -2.52. The van der Waals surface area contributed by atoms with Crippen LogP contribution < -0.4 is 20.7 Å². The first-order valence-electron chi connectivity index (χ1n) is 22.4. The molecule has 0 unspecified atom stereocenters. The third-order valence-corrected chi connectivity index (χ3v) is 19.5. The number of aromatic nitrogens is 1. The predicted molar refractivity (Wildman–Crippen MR) is 268 cm³/mol. The molecule has 1 spiro atoms. The highest BCUT2D eigenvalue weighted by Gasteiger charge is 2.56. The number of hydrogen-bond acceptors (Lipinski definition) is 0. The van der Waals surface area contributed by atoms with E-state index in [2.05, 4.69) is 265 Å². The average molecular weight is 830 g/mol. The maximum absolute atomic E-state index is 2.91. The molecule has 0 atom stereocenters. The molecule has 13 rings (SSSR count). The quantitative estimate of drug-likeness (QED) is 0.116. The van der Waals surface area contributed by atoms with E-state index in [1.807, 2.05) is 0 Å². The Morgan fingerprint density at radius 3 is 1.20 bits per heavy atom. The molecule has 0 bridgehead atoms. The molecule has 0 saturated heterocycles. The maximum atomic E-state index is 2.62. The summed E-state index contributed by atoms with van der Waals surface area (Å²) in [6.07, 6.45) is 0. The minimum absolute atomic E-state index is 0.574. The second-order valence-corrected chi connectivity index (χ2v) is 21.3. The van der Waals surface area contributed by atoms with E-state index in [0.717, 1.165) is 0 Å². The van der Waals surface area contributed by atoms with Gasteiger partial charge >= 0.3 is 0 Å². The summed E-state index contributed by atoms with van der Waals surface area (Å²) in [5.74, 6) is 0. The second-order valence-electron chi connectivity index (χ2n) is 17.5. The molecule has 2 heterocycles. The monoisotopic (exact) mass is 829 g/mol. The Bertz CT molecular complexity index is 3350. The molecular formula is C62H43NSi. The van der Waals surface area contributed by atoms with Crippen LogP contribution in [0.4, 0.5) is 0 Å². The lowest BCUT2D eigenvalue weighted by molar-refractivity contribution is 0.610. The summed E-state index contributed by atoms with van der Waals surface area (Å²) in [4.78, 5) is 0. The summed E-state index contributed by atoms with van der Waals surface area (Å²) in [6, 6.07) is 98.9. The van der Waals surface area contributed by atoms with Gasteiger partial charge in [0.1, 0.15) is 0 Å². The fraction of sp³-hybridized carbons (Fsp3) is 0.0323. The zero-order valence-corrected chi connectivity index (χ0v) is 36.3. The van der Waals surface area contributed by atoms with Crippen molar-refractivity contribution in [1.82, 2.24) is 4.57 Å². The van der Waals surface area contributed by atoms with Crippen molar-refractivity contribution in [3.63, 3.8) is 0 Å². The van der Waals surface area contributed by atoms with E-state index in [1.165, 1.54) is 92.7 Å². The van der Waals surface area contributed by atoms with Gasteiger partial charge in [0.2, 0.25) is 0 Å². The van der Waals surface area contributed by atoms with Gasteiger partial charge in [-0.3, -0.25) is 0 Å². The molecular weight excluding hydrogens is 787 g/mol. The van der Waals surface area contributed by atoms with Gasteiger partial charge in [-0.1, -0.05) is 249 Å². The predicted octanol–water partition coefficient (Wildman–Crippen LogP) is 11.6. The highest BCUT2D eigenvalue weighted by atomic mass is 28.3. The highest BCUT2D eigenvalue weighted by Crippen LogP contribution is 2.63. The minimum atomic E-state index is -2.91. The van der Waals surface area contributed by atoms with E-state index in [1.54, 1.807) is 0 Å². The largest absolute Gasteiger partial charge is 0.309 e. The number of rotatable bonds is 6. The molecule has 0 N–H and O–H groups in total. The highest BCUT2D eigenvalue weighted by molar-refractivity contribution is 7.19. The Kier molecular flexibility index (Phi) is 8.13. The van der Waals surface area contributed by atoms with Gasteiger partial charge in [-0.2, -0.15) is 0 Å². The first kappa shape index (κ1) is 36.8. The maximum Gasteiger partial charge on any atom is 0.179 e.